The number of aromatic amines is 1. The minimum Gasteiger partial charge on any atom is -0.360 e. The number of hydrogen-bond donors (Lipinski definition) is 1. The fourth-order valence-corrected chi connectivity index (χ4v) is 3.80. The van der Waals surface area contributed by atoms with Crippen LogP contribution in [0.15, 0.2) is 35.3 Å². The summed E-state index contributed by atoms with van der Waals surface area (Å²) >= 11 is 1.86. The molecule has 1 saturated heterocycles. The molecule has 0 spiro atoms. The van der Waals surface area contributed by atoms with E-state index >= 15 is 0 Å². The number of carbonyl (C=O) groups excluding carboxylic acids is 1. The summed E-state index contributed by atoms with van der Waals surface area (Å²) in [6, 6.07) is 7.27. The zero-order valence-electron chi connectivity index (χ0n) is 12.2. The Balaban J connectivity index is 1.98. The highest BCUT2D eigenvalue weighted by molar-refractivity contribution is 8.00. The van der Waals surface area contributed by atoms with E-state index < -0.39 is 0 Å². The summed E-state index contributed by atoms with van der Waals surface area (Å²) in [5.74, 6) is 0.736. The molecule has 1 aromatic heterocycles. The van der Waals surface area contributed by atoms with E-state index in [1.54, 1.807) is 17.2 Å². The van der Waals surface area contributed by atoms with Crippen molar-refractivity contribution in [1.29, 1.82) is 0 Å². The Morgan fingerprint density at radius 1 is 1.33 bits per heavy atom. The molecular formula is C16H18N2O2S. The molecule has 0 aliphatic carbocycles. The Morgan fingerprint density at radius 3 is 2.86 bits per heavy atom. The van der Waals surface area contributed by atoms with Gasteiger partial charge >= 0.3 is 0 Å². The Morgan fingerprint density at radius 2 is 2.10 bits per heavy atom. The van der Waals surface area contributed by atoms with Gasteiger partial charge < -0.3 is 9.88 Å². The van der Waals surface area contributed by atoms with Crippen LogP contribution in [0.1, 0.15) is 24.2 Å². The molecule has 1 aromatic carbocycles. The second kappa shape index (κ2) is 5.22. The van der Waals surface area contributed by atoms with Crippen LogP contribution < -0.4 is 5.43 Å². The van der Waals surface area contributed by atoms with Crippen molar-refractivity contribution in [3.8, 4) is 0 Å². The highest BCUT2D eigenvalue weighted by atomic mass is 32.2. The Kier molecular flexibility index (Phi) is 3.53. The van der Waals surface area contributed by atoms with E-state index in [2.05, 4.69) is 18.8 Å². The lowest BCUT2D eigenvalue weighted by molar-refractivity contribution is 0.0746. The minimum absolute atomic E-state index is 0.0392. The van der Waals surface area contributed by atoms with Crippen molar-refractivity contribution in [3.63, 3.8) is 0 Å². The molecule has 1 aliphatic rings. The molecule has 5 heteroatoms. The van der Waals surface area contributed by atoms with E-state index in [9.17, 15) is 9.59 Å². The van der Waals surface area contributed by atoms with Crippen molar-refractivity contribution < 1.29 is 4.79 Å². The Bertz CT molecular complexity index is 751. The van der Waals surface area contributed by atoms with Gasteiger partial charge in [0.2, 0.25) is 5.43 Å². The first-order chi connectivity index (χ1) is 9.98. The Labute approximate surface area is 127 Å². The summed E-state index contributed by atoms with van der Waals surface area (Å²) in [4.78, 5) is 30.0. The average molecular weight is 302 g/mol. The fourth-order valence-electron chi connectivity index (χ4n) is 2.69. The van der Waals surface area contributed by atoms with Crippen LogP contribution in [0.2, 0.25) is 0 Å². The van der Waals surface area contributed by atoms with Gasteiger partial charge in [-0.25, -0.2) is 0 Å². The van der Waals surface area contributed by atoms with Gasteiger partial charge in [0.25, 0.3) is 5.91 Å². The minimum atomic E-state index is -0.189. The summed E-state index contributed by atoms with van der Waals surface area (Å²) in [6.07, 6.45) is 1.54. The number of benzene rings is 1. The van der Waals surface area contributed by atoms with Gasteiger partial charge in [-0.2, -0.15) is 11.8 Å². The topological polar surface area (TPSA) is 53.2 Å². The fraction of sp³-hybridized carbons (Fsp3) is 0.375. The van der Waals surface area contributed by atoms with Crippen LogP contribution >= 0.6 is 11.8 Å². The Hall–Kier alpha value is -1.75. The molecule has 0 atom stereocenters. The van der Waals surface area contributed by atoms with E-state index in [0.717, 1.165) is 11.3 Å². The number of thioether (sulfide) groups is 1. The maximum atomic E-state index is 12.6. The second-order valence-electron chi connectivity index (χ2n) is 5.91. The van der Waals surface area contributed by atoms with Gasteiger partial charge in [-0.15, -0.1) is 0 Å². The maximum Gasteiger partial charge on any atom is 0.259 e. The lowest BCUT2D eigenvalue weighted by Gasteiger charge is -2.37. The van der Waals surface area contributed by atoms with Crippen molar-refractivity contribution in [1.82, 2.24) is 9.88 Å². The van der Waals surface area contributed by atoms with E-state index in [0.29, 0.717) is 18.5 Å². The van der Waals surface area contributed by atoms with Crippen LogP contribution in [-0.2, 0) is 0 Å². The molecule has 2 heterocycles. The van der Waals surface area contributed by atoms with Gasteiger partial charge in [0.05, 0.1) is 0 Å². The third kappa shape index (κ3) is 2.70. The zero-order valence-corrected chi connectivity index (χ0v) is 13.0. The summed E-state index contributed by atoms with van der Waals surface area (Å²) in [5, 5.41) is 0.564. The van der Waals surface area contributed by atoms with Crippen LogP contribution in [-0.4, -0.2) is 39.4 Å². The number of nitrogens with one attached hydrogen (secondary N) is 1. The number of rotatable bonds is 1. The molecule has 0 radical (unpaired) electrons. The number of H-pyrrole nitrogens is 1. The van der Waals surface area contributed by atoms with Gasteiger partial charge in [-0.3, -0.25) is 9.59 Å². The first-order valence-corrected chi connectivity index (χ1v) is 8.00. The second-order valence-corrected chi connectivity index (χ2v) is 7.71. The predicted molar refractivity (Wildman–Crippen MR) is 87.0 cm³/mol. The molecule has 1 N–H and O–H groups in total. The van der Waals surface area contributed by atoms with Crippen molar-refractivity contribution >= 4 is 28.6 Å². The number of carbonyl (C=O) groups is 1. The number of pyridine rings is 1. The third-order valence-electron chi connectivity index (χ3n) is 3.73. The summed E-state index contributed by atoms with van der Waals surface area (Å²) in [5.41, 5.74) is 0.801. The summed E-state index contributed by atoms with van der Waals surface area (Å²) < 4.78 is 0.0392. The molecule has 4 nitrogen and oxygen atoms in total. The van der Waals surface area contributed by atoms with Crippen LogP contribution in [0.4, 0.5) is 0 Å². The maximum absolute atomic E-state index is 12.6. The summed E-state index contributed by atoms with van der Waals surface area (Å²) in [6.45, 7) is 5.62. The first kappa shape index (κ1) is 14.2. The smallest absolute Gasteiger partial charge is 0.259 e. The van der Waals surface area contributed by atoms with Crippen molar-refractivity contribution in [2.75, 3.05) is 18.8 Å². The largest absolute Gasteiger partial charge is 0.360 e. The average Bonchev–Trinajstić information content (AvgIpc) is 2.46. The van der Waals surface area contributed by atoms with Crippen LogP contribution in [0.25, 0.3) is 10.9 Å². The molecule has 1 fully saturated rings. The molecular weight excluding hydrogens is 284 g/mol. The number of hydrogen-bond acceptors (Lipinski definition) is 3. The van der Waals surface area contributed by atoms with Crippen molar-refractivity contribution in [2.24, 2.45) is 0 Å². The van der Waals surface area contributed by atoms with Crippen LogP contribution in [0, 0.1) is 0 Å². The number of para-hydroxylation sites is 1. The molecule has 3 rings (SSSR count). The molecule has 0 bridgehead atoms. The van der Waals surface area contributed by atoms with Gasteiger partial charge in [-0.1, -0.05) is 12.1 Å². The van der Waals surface area contributed by atoms with E-state index in [-0.39, 0.29) is 21.6 Å². The zero-order chi connectivity index (χ0) is 15.0. The van der Waals surface area contributed by atoms with Gasteiger partial charge in [0.1, 0.15) is 5.56 Å². The number of amides is 1. The molecule has 1 amide bonds. The lowest BCUT2D eigenvalue weighted by atomic mass is 10.1. The SMILES string of the molecule is CC1(C)CN(C(=O)c2c[nH]c3ccccc3c2=O)CCS1. The third-order valence-corrected chi connectivity index (χ3v) is 5.03. The van der Waals surface area contributed by atoms with Crippen LogP contribution in [0.3, 0.4) is 0 Å². The van der Waals surface area contributed by atoms with Gasteiger partial charge in [0.15, 0.2) is 0 Å². The molecule has 110 valence electrons. The molecule has 1 aliphatic heterocycles. The number of nitrogens with zero attached hydrogens (tertiary/aromatic N) is 1. The lowest BCUT2D eigenvalue weighted by Crippen LogP contribution is -2.47. The highest BCUT2D eigenvalue weighted by Gasteiger charge is 2.31. The monoisotopic (exact) mass is 302 g/mol. The van der Waals surface area contributed by atoms with Gasteiger partial charge in [0, 0.05) is 40.7 Å². The normalized spacial score (nSPS) is 17.9. The number of aromatic nitrogens is 1. The van der Waals surface area contributed by atoms with Crippen molar-refractivity contribution in [2.45, 2.75) is 18.6 Å². The van der Waals surface area contributed by atoms with E-state index in [4.69, 9.17) is 0 Å². The molecule has 2 aromatic rings. The molecule has 0 saturated carbocycles. The first-order valence-electron chi connectivity index (χ1n) is 7.02. The molecule has 21 heavy (non-hydrogen) atoms. The van der Waals surface area contributed by atoms with E-state index in [1.807, 2.05) is 30.0 Å². The van der Waals surface area contributed by atoms with Crippen LogP contribution in [0.5, 0.6) is 0 Å². The molecule has 0 unspecified atom stereocenters. The number of fused-ring (bicyclic) bond motifs is 1. The standard InChI is InChI=1S/C16H18N2O2S/c1-16(2)10-18(7-8-21-16)15(20)12-9-17-13-6-4-3-5-11(13)14(12)19/h3-6,9H,7-8,10H2,1-2H3,(H,17,19). The predicted octanol–water partition coefficient (Wildman–Crippen LogP) is 2.50. The quantitative estimate of drug-likeness (QED) is 0.880. The summed E-state index contributed by atoms with van der Waals surface area (Å²) in [7, 11) is 0. The van der Waals surface area contributed by atoms with Gasteiger partial charge in [-0.05, 0) is 26.0 Å². The van der Waals surface area contributed by atoms with Crippen molar-refractivity contribution in [3.05, 3.63) is 46.2 Å². The van der Waals surface area contributed by atoms with E-state index in [1.165, 1.54) is 0 Å². The highest BCUT2D eigenvalue weighted by Crippen LogP contribution is 2.29.